The molecule has 0 saturated heterocycles. The van der Waals surface area contributed by atoms with Gasteiger partial charge in [-0.3, -0.25) is 0 Å². The van der Waals surface area contributed by atoms with E-state index in [2.05, 4.69) is 45.9 Å². The average molecular weight is 234 g/mol. The second kappa shape index (κ2) is 8.22. The monoisotopic (exact) mass is 234 g/mol. The van der Waals surface area contributed by atoms with E-state index in [0.29, 0.717) is 0 Å². The summed E-state index contributed by atoms with van der Waals surface area (Å²) in [5.74, 6) is 0. The summed E-state index contributed by atoms with van der Waals surface area (Å²) in [7, 11) is 0. The first-order valence-corrected chi connectivity index (χ1v) is 4.99. The Kier molecular flexibility index (Phi) is 9.56. The van der Waals surface area contributed by atoms with Gasteiger partial charge >= 0.3 is 41.1 Å². The van der Waals surface area contributed by atoms with Crippen LogP contribution in [0.3, 0.4) is 0 Å². The Hall–Kier alpha value is 0.0400. The van der Waals surface area contributed by atoms with E-state index in [1.54, 1.807) is 0 Å². The van der Waals surface area contributed by atoms with Crippen molar-refractivity contribution in [3.8, 4) is 0 Å². The van der Waals surface area contributed by atoms with Crippen molar-refractivity contribution >= 4 is 11.6 Å². The standard InChI is InChI=1S/C11H15.Na.O2S/c1-9-6-5-7-10(8-9)11(2,3)4;;1-3-2/h5,7-8H,1-4H3;;/q-1;+1;. The van der Waals surface area contributed by atoms with E-state index >= 15 is 0 Å². The molecule has 0 radical (unpaired) electrons. The molecule has 0 N–H and O–H groups in total. The quantitative estimate of drug-likeness (QED) is 0.445. The molecule has 0 aromatic heterocycles. The number of aryl methyl sites for hydroxylation is 1. The van der Waals surface area contributed by atoms with Crippen LogP contribution < -0.4 is 29.6 Å². The number of hydrogen-bond donors (Lipinski definition) is 0. The second-order valence-corrected chi connectivity index (χ2v) is 4.21. The minimum Gasteiger partial charge on any atom is -0.181 e. The predicted octanol–water partition coefficient (Wildman–Crippen LogP) is -0.573. The molecule has 0 heterocycles. The van der Waals surface area contributed by atoms with Crippen LogP contribution in [0.25, 0.3) is 0 Å². The normalized spacial score (nSPS) is 9.33. The van der Waals surface area contributed by atoms with E-state index in [9.17, 15) is 0 Å². The summed E-state index contributed by atoms with van der Waals surface area (Å²) in [6, 6.07) is 9.47. The summed E-state index contributed by atoms with van der Waals surface area (Å²) in [5, 5.41) is 0. The van der Waals surface area contributed by atoms with Crippen molar-refractivity contribution in [1.82, 2.24) is 0 Å². The fourth-order valence-electron chi connectivity index (χ4n) is 1.05. The SMILES string of the molecule is Cc1[c-]ccc(C(C)(C)C)c1.O=S=O.[Na+]. The second-order valence-electron chi connectivity index (χ2n) is 4.08. The maximum Gasteiger partial charge on any atom is 1.00 e. The van der Waals surface area contributed by atoms with Crippen molar-refractivity contribution in [1.29, 1.82) is 0 Å². The Morgan fingerprint density at radius 3 is 2.00 bits per heavy atom. The molecular weight excluding hydrogens is 219 g/mol. The van der Waals surface area contributed by atoms with Crippen LogP contribution in [0.5, 0.6) is 0 Å². The van der Waals surface area contributed by atoms with Crippen molar-refractivity contribution in [3.63, 3.8) is 0 Å². The Labute approximate surface area is 117 Å². The van der Waals surface area contributed by atoms with Crippen molar-refractivity contribution in [3.05, 3.63) is 35.4 Å². The number of hydrogen-bond acceptors (Lipinski definition) is 2. The zero-order valence-corrected chi connectivity index (χ0v) is 12.8. The first-order chi connectivity index (χ1) is 6.41. The molecule has 0 atom stereocenters. The molecule has 0 fully saturated rings. The van der Waals surface area contributed by atoms with Crippen molar-refractivity contribution in [2.75, 3.05) is 0 Å². The number of rotatable bonds is 0. The Morgan fingerprint density at radius 2 is 1.73 bits per heavy atom. The van der Waals surface area contributed by atoms with Crippen LogP contribution in [-0.4, -0.2) is 8.42 Å². The Bertz CT molecular complexity index is 326. The van der Waals surface area contributed by atoms with E-state index in [1.807, 2.05) is 6.07 Å². The third kappa shape index (κ3) is 7.91. The summed E-state index contributed by atoms with van der Waals surface area (Å²) in [4.78, 5) is 0. The van der Waals surface area contributed by atoms with Crippen LogP contribution in [0, 0.1) is 13.0 Å². The van der Waals surface area contributed by atoms with Crippen LogP contribution in [0.4, 0.5) is 0 Å². The van der Waals surface area contributed by atoms with Gasteiger partial charge < -0.3 is 0 Å². The molecule has 0 aliphatic rings. The Morgan fingerprint density at radius 1 is 1.27 bits per heavy atom. The van der Waals surface area contributed by atoms with Crippen LogP contribution in [0.1, 0.15) is 31.9 Å². The van der Waals surface area contributed by atoms with Gasteiger partial charge in [0, 0.05) is 0 Å². The van der Waals surface area contributed by atoms with Crippen molar-refractivity contribution < 1.29 is 38.0 Å². The van der Waals surface area contributed by atoms with Crippen LogP contribution in [0.15, 0.2) is 18.2 Å². The molecule has 0 aliphatic heterocycles. The minimum absolute atomic E-state index is 0. The fraction of sp³-hybridized carbons (Fsp3) is 0.455. The summed E-state index contributed by atoms with van der Waals surface area (Å²) in [6.45, 7) is 8.75. The molecule has 0 bridgehead atoms. The molecular formula is C11H15NaO2S. The molecule has 1 aromatic carbocycles. The van der Waals surface area contributed by atoms with Gasteiger partial charge in [0.1, 0.15) is 0 Å². The van der Waals surface area contributed by atoms with Gasteiger partial charge in [0.05, 0.1) is 0 Å². The van der Waals surface area contributed by atoms with E-state index in [4.69, 9.17) is 8.42 Å². The average Bonchev–Trinajstić information content (AvgIpc) is 2.04. The Balaban J connectivity index is 0. The van der Waals surface area contributed by atoms with Crippen molar-refractivity contribution in [2.45, 2.75) is 33.1 Å². The van der Waals surface area contributed by atoms with E-state index < -0.39 is 11.6 Å². The summed E-state index contributed by atoms with van der Waals surface area (Å²) in [5.41, 5.74) is 2.87. The van der Waals surface area contributed by atoms with E-state index in [0.717, 1.165) is 0 Å². The number of benzene rings is 1. The maximum absolute atomic E-state index is 8.29. The van der Waals surface area contributed by atoms with Gasteiger partial charge in [-0.15, -0.1) is 0 Å². The van der Waals surface area contributed by atoms with Crippen LogP contribution in [-0.2, 0) is 17.0 Å². The van der Waals surface area contributed by atoms with Gasteiger partial charge in [-0.25, -0.2) is 0 Å². The zero-order chi connectivity index (χ0) is 11.2. The van der Waals surface area contributed by atoms with Gasteiger partial charge in [0.2, 0.25) is 0 Å². The molecule has 0 spiro atoms. The molecule has 4 heteroatoms. The molecule has 0 unspecified atom stereocenters. The first-order valence-electron chi connectivity index (χ1n) is 4.32. The van der Waals surface area contributed by atoms with E-state index in [-0.39, 0.29) is 35.0 Å². The maximum atomic E-state index is 8.29. The fourth-order valence-corrected chi connectivity index (χ4v) is 1.05. The minimum atomic E-state index is -0.750. The molecule has 15 heavy (non-hydrogen) atoms. The van der Waals surface area contributed by atoms with Crippen LogP contribution in [0.2, 0.25) is 0 Å². The summed E-state index contributed by atoms with van der Waals surface area (Å²) >= 11 is -0.750. The molecule has 0 saturated carbocycles. The third-order valence-corrected chi connectivity index (χ3v) is 1.81. The largest absolute Gasteiger partial charge is 1.00 e. The van der Waals surface area contributed by atoms with Gasteiger partial charge in [-0.2, -0.15) is 43.8 Å². The molecule has 2 nitrogen and oxygen atoms in total. The zero-order valence-electron chi connectivity index (χ0n) is 9.96. The van der Waals surface area contributed by atoms with Gasteiger partial charge in [0.25, 0.3) is 0 Å². The molecule has 1 rings (SSSR count). The first kappa shape index (κ1) is 17.4. The van der Waals surface area contributed by atoms with Gasteiger partial charge in [-0.1, -0.05) is 27.7 Å². The van der Waals surface area contributed by atoms with E-state index in [1.165, 1.54) is 11.1 Å². The van der Waals surface area contributed by atoms with Gasteiger partial charge in [0.15, 0.2) is 0 Å². The van der Waals surface area contributed by atoms with Crippen molar-refractivity contribution in [2.24, 2.45) is 0 Å². The predicted molar refractivity (Wildman–Crippen MR) is 57.6 cm³/mol. The molecule has 1 aromatic rings. The topological polar surface area (TPSA) is 34.1 Å². The smallest absolute Gasteiger partial charge is 0.181 e. The summed E-state index contributed by atoms with van der Waals surface area (Å²) in [6.07, 6.45) is 0. The molecule has 0 amide bonds. The molecule has 0 aliphatic carbocycles. The summed E-state index contributed by atoms with van der Waals surface area (Å²) < 4.78 is 16.6. The molecule has 78 valence electrons. The third-order valence-electron chi connectivity index (χ3n) is 1.81. The van der Waals surface area contributed by atoms with Gasteiger partial charge in [-0.05, 0) is 5.41 Å². The van der Waals surface area contributed by atoms with Crippen LogP contribution >= 0.6 is 0 Å².